The molecule has 7 heavy (non-hydrogen) atoms. The van der Waals surface area contributed by atoms with Gasteiger partial charge in [0.15, 0.2) is 0 Å². The van der Waals surface area contributed by atoms with Crippen molar-refractivity contribution in [3.63, 3.8) is 0 Å². The Balaban J connectivity index is 0. The molecule has 0 nitrogen and oxygen atoms in total. The second-order valence-corrected chi connectivity index (χ2v) is 1.71. The summed E-state index contributed by atoms with van der Waals surface area (Å²) in [6, 6.07) is 0. The standard InChI is InChI=1S/C6H14.Pb/c1-3-5-6-4-2;/h3-6H2,1-2H3;. The van der Waals surface area contributed by atoms with Crippen molar-refractivity contribution in [3.8, 4) is 0 Å². The van der Waals surface area contributed by atoms with E-state index in [0.717, 1.165) is 0 Å². The van der Waals surface area contributed by atoms with Gasteiger partial charge in [-0.05, 0) is 0 Å². The summed E-state index contributed by atoms with van der Waals surface area (Å²) in [5.41, 5.74) is 0. The van der Waals surface area contributed by atoms with Crippen molar-refractivity contribution < 1.29 is 0 Å². The van der Waals surface area contributed by atoms with Crippen LogP contribution in [0.5, 0.6) is 0 Å². The van der Waals surface area contributed by atoms with Gasteiger partial charge in [-0.1, -0.05) is 39.5 Å². The van der Waals surface area contributed by atoms with E-state index in [-0.39, 0.29) is 27.3 Å². The first kappa shape index (κ1) is 10.8. The van der Waals surface area contributed by atoms with E-state index in [0.29, 0.717) is 0 Å². The van der Waals surface area contributed by atoms with Crippen LogP contribution < -0.4 is 0 Å². The minimum atomic E-state index is 0. The summed E-state index contributed by atoms with van der Waals surface area (Å²) in [4.78, 5) is 0. The topological polar surface area (TPSA) is 0 Å². The minimum Gasteiger partial charge on any atom is -0.0654 e. The van der Waals surface area contributed by atoms with Gasteiger partial charge < -0.3 is 0 Å². The average Bonchev–Trinajstić information content (AvgIpc) is 1.61. The van der Waals surface area contributed by atoms with Crippen LogP contribution in [0.25, 0.3) is 0 Å². The van der Waals surface area contributed by atoms with Crippen LogP contribution in [0.15, 0.2) is 0 Å². The molecule has 0 rings (SSSR count). The molecule has 0 aliphatic rings. The Labute approximate surface area is 66.8 Å². The Morgan fingerprint density at radius 3 is 1.29 bits per heavy atom. The van der Waals surface area contributed by atoms with Crippen LogP contribution >= 0.6 is 0 Å². The van der Waals surface area contributed by atoms with Crippen LogP contribution in [-0.4, -0.2) is 27.3 Å². The van der Waals surface area contributed by atoms with E-state index in [1.807, 2.05) is 0 Å². The molecular weight excluding hydrogens is 279 g/mol. The molecule has 4 radical (unpaired) electrons. The molecule has 42 valence electrons. The van der Waals surface area contributed by atoms with E-state index in [4.69, 9.17) is 0 Å². The second-order valence-electron chi connectivity index (χ2n) is 1.71. The molecule has 0 aromatic carbocycles. The molecule has 0 fully saturated rings. The van der Waals surface area contributed by atoms with Gasteiger partial charge in [0.05, 0.1) is 0 Å². The van der Waals surface area contributed by atoms with E-state index < -0.39 is 0 Å². The molecule has 0 atom stereocenters. The van der Waals surface area contributed by atoms with Gasteiger partial charge in [-0.25, -0.2) is 0 Å². The van der Waals surface area contributed by atoms with Gasteiger partial charge >= 0.3 is 0 Å². The van der Waals surface area contributed by atoms with Crippen LogP contribution in [0.1, 0.15) is 39.5 Å². The van der Waals surface area contributed by atoms with Gasteiger partial charge in [0, 0.05) is 27.3 Å². The third-order valence-corrected chi connectivity index (χ3v) is 0.957. The second kappa shape index (κ2) is 10.0. The summed E-state index contributed by atoms with van der Waals surface area (Å²) < 4.78 is 0. The first-order valence-corrected chi connectivity index (χ1v) is 2.91. The van der Waals surface area contributed by atoms with Crippen LogP contribution in [0.3, 0.4) is 0 Å². The van der Waals surface area contributed by atoms with E-state index in [1.54, 1.807) is 0 Å². The zero-order chi connectivity index (χ0) is 4.83. The normalized spacial score (nSPS) is 7.71. The SMILES string of the molecule is CCCCCC.[Pb]. The maximum Gasteiger partial charge on any atom is 0 e. The Hall–Kier alpha value is 0.922. The number of hydrogen-bond acceptors (Lipinski definition) is 0. The van der Waals surface area contributed by atoms with Crippen molar-refractivity contribution in [3.05, 3.63) is 0 Å². The summed E-state index contributed by atoms with van der Waals surface area (Å²) in [5, 5.41) is 0. The summed E-state index contributed by atoms with van der Waals surface area (Å²) in [7, 11) is 0. The molecule has 0 aromatic heterocycles. The van der Waals surface area contributed by atoms with E-state index in [2.05, 4.69) is 13.8 Å². The molecule has 0 amide bonds. The first-order valence-electron chi connectivity index (χ1n) is 2.91. The molecule has 0 aliphatic carbocycles. The zero-order valence-corrected chi connectivity index (χ0v) is 9.22. The summed E-state index contributed by atoms with van der Waals surface area (Å²) >= 11 is 0. The monoisotopic (exact) mass is 294 g/mol. The molecule has 0 aliphatic heterocycles. The molecule has 1 heteroatoms. The summed E-state index contributed by atoms with van der Waals surface area (Å²) in [5.74, 6) is 0. The van der Waals surface area contributed by atoms with Crippen LogP contribution in [0.2, 0.25) is 0 Å². The number of unbranched alkanes of at least 4 members (excludes halogenated alkanes) is 3. The molecule has 0 spiro atoms. The fraction of sp³-hybridized carbons (Fsp3) is 1.00. The minimum absolute atomic E-state index is 0. The third kappa shape index (κ3) is 10.9. The molecule has 0 bridgehead atoms. The number of hydrogen-bond donors (Lipinski definition) is 0. The average molecular weight is 293 g/mol. The molecule has 0 aromatic rings. The van der Waals surface area contributed by atoms with Crippen LogP contribution in [0, 0.1) is 0 Å². The predicted octanol–water partition coefficient (Wildman–Crippen LogP) is 2.21. The van der Waals surface area contributed by atoms with Crippen molar-refractivity contribution in [2.24, 2.45) is 0 Å². The van der Waals surface area contributed by atoms with Crippen molar-refractivity contribution in [1.82, 2.24) is 0 Å². The maximum absolute atomic E-state index is 2.23. The van der Waals surface area contributed by atoms with Gasteiger partial charge in [-0.15, -0.1) is 0 Å². The fourth-order valence-corrected chi connectivity index (χ4v) is 0.500. The Morgan fingerprint density at radius 1 is 0.857 bits per heavy atom. The van der Waals surface area contributed by atoms with E-state index >= 15 is 0 Å². The van der Waals surface area contributed by atoms with Gasteiger partial charge in [0.1, 0.15) is 0 Å². The van der Waals surface area contributed by atoms with Crippen molar-refractivity contribution >= 4 is 27.3 Å². The van der Waals surface area contributed by atoms with Gasteiger partial charge in [0.2, 0.25) is 0 Å². The van der Waals surface area contributed by atoms with E-state index in [1.165, 1.54) is 25.7 Å². The summed E-state index contributed by atoms with van der Waals surface area (Å²) in [6.45, 7) is 4.46. The molecule has 0 N–H and O–H groups in total. The quantitative estimate of drug-likeness (QED) is 0.553. The van der Waals surface area contributed by atoms with Crippen molar-refractivity contribution in [1.29, 1.82) is 0 Å². The Bertz CT molecular complexity index is 16.1. The van der Waals surface area contributed by atoms with Crippen LogP contribution in [0.4, 0.5) is 0 Å². The van der Waals surface area contributed by atoms with Gasteiger partial charge in [0.25, 0.3) is 0 Å². The number of rotatable bonds is 3. The molecule has 0 saturated carbocycles. The van der Waals surface area contributed by atoms with Crippen molar-refractivity contribution in [2.75, 3.05) is 0 Å². The Kier molecular flexibility index (Phi) is 15.5. The molecule has 0 unspecified atom stereocenters. The predicted molar refractivity (Wildman–Crippen MR) is 35.6 cm³/mol. The third-order valence-electron chi connectivity index (χ3n) is 0.957. The largest absolute Gasteiger partial charge is 0.0654 e. The van der Waals surface area contributed by atoms with Gasteiger partial charge in [-0.2, -0.15) is 0 Å². The Morgan fingerprint density at radius 2 is 1.14 bits per heavy atom. The van der Waals surface area contributed by atoms with Crippen molar-refractivity contribution in [2.45, 2.75) is 39.5 Å². The van der Waals surface area contributed by atoms with E-state index in [9.17, 15) is 0 Å². The first-order chi connectivity index (χ1) is 2.91. The molecule has 0 heterocycles. The summed E-state index contributed by atoms with van der Waals surface area (Å²) in [6.07, 6.45) is 5.54. The molecule has 0 saturated heterocycles. The van der Waals surface area contributed by atoms with Gasteiger partial charge in [-0.3, -0.25) is 0 Å². The smallest absolute Gasteiger partial charge is 0 e. The fourth-order valence-electron chi connectivity index (χ4n) is 0.500. The maximum atomic E-state index is 2.23. The molecular formula is C6H14Pb. The van der Waals surface area contributed by atoms with Crippen LogP contribution in [-0.2, 0) is 0 Å². The zero-order valence-electron chi connectivity index (χ0n) is 5.33.